The molecule has 2 aromatic heterocycles. The van der Waals surface area contributed by atoms with Crippen LogP contribution in [0.25, 0.3) is 11.5 Å². The second-order valence-electron chi connectivity index (χ2n) is 10.5. The fraction of sp³-hybridized carbons (Fsp3) is 0.367. The average Bonchev–Trinajstić information content (AvgIpc) is 3.64. The molecule has 0 N–H and O–H groups in total. The third-order valence-corrected chi connectivity index (χ3v) is 8.04. The molecule has 0 aliphatic heterocycles. The summed E-state index contributed by atoms with van der Waals surface area (Å²) in [4.78, 5) is 16.5. The van der Waals surface area contributed by atoms with Gasteiger partial charge in [0.05, 0.1) is 11.7 Å². The summed E-state index contributed by atoms with van der Waals surface area (Å²) in [6.07, 6.45) is 6.83. The Kier molecular flexibility index (Phi) is 5.75. The number of ether oxygens (including phenoxy) is 1. The van der Waals surface area contributed by atoms with Gasteiger partial charge in [-0.2, -0.15) is 4.68 Å². The minimum Gasteiger partial charge on any atom is -0.487 e. The van der Waals surface area contributed by atoms with E-state index in [0.29, 0.717) is 18.4 Å². The van der Waals surface area contributed by atoms with Crippen molar-refractivity contribution in [3.8, 4) is 17.2 Å². The Balaban J connectivity index is 1.29. The quantitative estimate of drug-likeness (QED) is 0.316. The van der Waals surface area contributed by atoms with E-state index in [1.165, 1.54) is 41.5 Å². The number of fused-ring (bicyclic) bond motifs is 2. The molecule has 36 heavy (non-hydrogen) atoms. The highest BCUT2D eigenvalue weighted by Crippen LogP contribution is 2.60. The summed E-state index contributed by atoms with van der Waals surface area (Å²) in [7, 11) is 0. The highest BCUT2D eigenvalue weighted by Gasteiger charge is 2.52. The van der Waals surface area contributed by atoms with E-state index in [-0.39, 0.29) is 11.5 Å². The molecule has 6 nitrogen and oxygen atoms in total. The van der Waals surface area contributed by atoms with E-state index in [4.69, 9.17) is 9.15 Å². The third-order valence-electron chi connectivity index (χ3n) is 8.04. The molecule has 2 aliphatic carbocycles. The second kappa shape index (κ2) is 9.08. The fourth-order valence-electron chi connectivity index (χ4n) is 6.33. The van der Waals surface area contributed by atoms with Crippen molar-refractivity contribution >= 4 is 0 Å². The Morgan fingerprint density at radius 1 is 1.03 bits per heavy atom. The molecule has 6 rings (SSSR count). The van der Waals surface area contributed by atoms with Gasteiger partial charge in [-0.3, -0.25) is 4.98 Å². The van der Waals surface area contributed by atoms with Gasteiger partial charge in [0.1, 0.15) is 12.4 Å². The third kappa shape index (κ3) is 3.94. The van der Waals surface area contributed by atoms with Crippen LogP contribution in [-0.2, 0) is 12.0 Å². The van der Waals surface area contributed by atoms with Gasteiger partial charge in [0, 0.05) is 17.2 Å². The van der Waals surface area contributed by atoms with Crippen LogP contribution < -0.4 is 10.5 Å². The number of rotatable bonds is 7. The molecule has 184 valence electrons. The lowest BCUT2D eigenvalue weighted by atomic mass is 9.64. The summed E-state index contributed by atoms with van der Waals surface area (Å²) in [5.74, 6) is 2.21. The Morgan fingerprint density at radius 2 is 1.78 bits per heavy atom. The second-order valence-corrected chi connectivity index (χ2v) is 10.5. The minimum absolute atomic E-state index is 0.000901. The van der Waals surface area contributed by atoms with E-state index in [0.717, 1.165) is 22.9 Å². The van der Waals surface area contributed by atoms with Crippen molar-refractivity contribution in [2.75, 3.05) is 0 Å². The van der Waals surface area contributed by atoms with E-state index >= 15 is 0 Å². The maximum atomic E-state index is 12.1. The Bertz CT molecular complexity index is 1390. The van der Waals surface area contributed by atoms with Crippen LogP contribution in [0.4, 0.5) is 0 Å². The smallest absolute Gasteiger partial charge is 0.437 e. The molecule has 2 bridgehead atoms. The standard InChI is InChI=1S/C30H31N3O3/c1-20(2)33-29(34)36-28(32-33)22-7-10-23(11-8-22)30(18-21-6-9-25(30)17-21)24-12-14-27(15-13-24)35-19-26-5-3-4-16-31-26/h3-5,7-8,10-16,20-21,25H,6,9,17-19H2,1-2H3/t21-,25+,30-/m1/s1. The monoisotopic (exact) mass is 481 g/mol. The average molecular weight is 482 g/mol. The van der Waals surface area contributed by atoms with Crippen LogP contribution in [0.2, 0.25) is 0 Å². The van der Waals surface area contributed by atoms with Crippen LogP contribution in [0.5, 0.6) is 5.75 Å². The first kappa shape index (κ1) is 22.8. The minimum atomic E-state index is -0.418. The summed E-state index contributed by atoms with van der Waals surface area (Å²) in [5.41, 5.74) is 4.42. The molecule has 2 heterocycles. The van der Waals surface area contributed by atoms with Crippen molar-refractivity contribution in [3.63, 3.8) is 0 Å². The zero-order valence-electron chi connectivity index (χ0n) is 20.8. The molecule has 4 aromatic rings. The van der Waals surface area contributed by atoms with Crippen LogP contribution in [0.1, 0.15) is 62.4 Å². The Labute approximate surface area is 211 Å². The molecule has 0 radical (unpaired) electrons. The van der Waals surface area contributed by atoms with Gasteiger partial charge >= 0.3 is 5.76 Å². The molecule has 2 saturated carbocycles. The Morgan fingerprint density at radius 3 is 2.36 bits per heavy atom. The van der Waals surface area contributed by atoms with Crippen molar-refractivity contribution in [3.05, 3.63) is 100 Å². The first-order valence-corrected chi connectivity index (χ1v) is 12.9. The van der Waals surface area contributed by atoms with E-state index < -0.39 is 5.76 Å². The van der Waals surface area contributed by atoms with E-state index in [2.05, 4.69) is 46.5 Å². The van der Waals surface area contributed by atoms with Gasteiger partial charge in [-0.25, -0.2) is 4.79 Å². The van der Waals surface area contributed by atoms with Crippen molar-refractivity contribution in [2.24, 2.45) is 11.8 Å². The number of hydrogen-bond donors (Lipinski definition) is 0. The zero-order chi connectivity index (χ0) is 24.7. The van der Waals surface area contributed by atoms with Crippen molar-refractivity contribution in [2.45, 2.75) is 57.6 Å². The first-order valence-electron chi connectivity index (χ1n) is 12.9. The van der Waals surface area contributed by atoms with Crippen molar-refractivity contribution in [1.82, 2.24) is 14.8 Å². The highest BCUT2D eigenvalue weighted by molar-refractivity contribution is 5.55. The van der Waals surface area contributed by atoms with E-state index in [9.17, 15) is 4.79 Å². The van der Waals surface area contributed by atoms with Crippen LogP contribution in [0, 0.1) is 11.8 Å². The lowest BCUT2D eigenvalue weighted by Crippen LogP contribution is -2.34. The highest BCUT2D eigenvalue weighted by atomic mass is 16.5. The number of benzene rings is 2. The van der Waals surface area contributed by atoms with Crippen molar-refractivity contribution in [1.29, 1.82) is 0 Å². The number of nitrogens with zero attached hydrogens (tertiary/aromatic N) is 3. The molecule has 2 aromatic carbocycles. The van der Waals surface area contributed by atoms with Gasteiger partial charge in [-0.1, -0.05) is 36.8 Å². The number of pyridine rings is 1. The normalized spacial score (nSPS) is 22.9. The maximum absolute atomic E-state index is 12.1. The number of hydrogen-bond acceptors (Lipinski definition) is 5. The topological polar surface area (TPSA) is 70.2 Å². The predicted octanol–water partition coefficient (Wildman–Crippen LogP) is 6.16. The lowest BCUT2D eigenvalue weighted by Gasteiger charge is -2.39. The van der Waals surface area contributed by atoms with Gasteiger partial charge in [0.15, 0.2) is 0 Å². The molecule has 0 unspecified atom stereocenters. The van der Waals surface area contributed by atoms with Crippen molar-refractivity contribution < 1.29 is 9.15 Å². The molecular weight excluding hydrogens is 450 g/mol. The Hall–Kier alpha value is -3.67. The molecule has 0 saturated heterocycles. The summed E-state index contributed by atoms with van der Waals surface area (Å²) in [6, 6.07) is 23.0. The van der Waals surface area contributed by atoms with Gasteiger partial charge in [-0.15, -0.1) is 5.10 Å². The molecular formula is C30H31N3O3. The molecule has 2 aliphatic rings. The molecule has 0 spiro atoms. The van der Waals surface area contributed by atoms with Crippen LogP contribution in [-0.4, -0.2) is 14.8 Å². The molecule has 2 fully saturated rings. The first-order chi connectivity index (χ1) is 17.5. The molecule has 0 amide bonds. The summed E-state index contributed by atoms with van der Waals surface area (Å²) < 4.78 is 12.8. The van der Waals surface area contributed by atoms with Gasteiger partial charge in [-0.05, 0) is 92.5 Å². The van der Waals surface area contributed by atoms with E-state index in [1.807, 2.05) is 44.2 Å². The summed E-state index contributed by atoms with van der Waals surface area (Å²) in [6.45, 7) is 4.30. The predicted molar refractivity (Wildman–Crippen MR) is 138 cm³/mol. The van der Waals surface area contributed by atoms with Crippen LogP contribution >= 0.6 is 0 Å². The molecule has 6 heteroatoms. The largest absolute Gasteiger partial charge is 0.487 e. The SMILES string of the molecule is CC(C)n1nc(-c2ccc([C@@]3(c4ccc(OCc5ccccn5)cc4)C[C@@H]4CC[C@H]3C4)cc2)oc1=O. The zero-order valence-corrected chi connectivity index (χ0v) is 20.8. The lowest BCUT2D eigenvalue weighted by molar-refractivity contribution is 0.299. The number of aromatic nitrogens is 3. The summed E-state index contributed by atoms with van der Waals surface area (Å²) >= 11 is 0. The summed E-state index contributed by atoms with van der Waals surface area (Å²) in [5, 5.41) is 4.39. The maximum Gasteiger partial charge on any atom is 0.437 e. The van der Waals surface area contributed by atoms with E-state index in [1.54, 1.807) is 6.20 Å². The van der Waals surface area contributed by atoms with Gasteiger partial charge in [0.25, 0.3) is 0 Å². The van der Waals surface area contributed by atoms with Gasteiger partial charge < -0.3 is 9.15 Å². The van der Waals surface area contributed by atoms with Gasteiger partial charge in [0.2, 0.25) is 5.89 Å². The molecule has 3 atom stereocenters. The van der Waals surface area contributed by atoms with Crippen LogP contribution in [0.15, 0.2) is 82.1 Å². The fourth-order valence-corrected chi connectivity index (χ4v) is 6.33. The van der Waals surface area contributed by atoms with Crippen LogP contribution in [0.3, 0.4) is 0 Å².